The highest BCUT2D eigenvalue weighted by atomic mass is 32.1. The Labute approximate surface area is 151 Å². The van der Waals surface area contributed by atoms with Crippen LogP contribution in [0.4, 0.5) is 16.0 Å². The zero-order valence-electron chi connectivity index (χ0n) is 13.3. The third-order valence-corrected chi connectivity index (χ3v) is 5.04. The van der Waals surface area contributed by atoms with Crippen molar-refractivity contribution in [3.8, 4) is 10.6 Å². The molecule has 1 aromatic carbocycles. The molecule has 3 aromatic rings. The first-order valence-corrected chi connectivity index (χ1v) is 8.91. The number of aryl methyl sites for hydroxylation is 1. The number of carboxylic acids is 1. The van der Waals surface area contributed by atoms with Crippen molar-refractivity contribution in [1.82, 2.24) is 9.97 Å². The summed E-state index contributed by atoms with van der Waals surface area (Å²) >= 11 is 2.79. The first-order chi connectivity index (χ1) is 11.9. The van der Waals surface area contributed by atoms with Crippen molar-refractivity contribution >= 4 is 50.5 Å². The van der Waals surface area contributed by atoms with Crippen LogP contribution in [0.2, 0.25) is 0 Å². The number of benzene rings is 1. The molecule has 0 bridgehead atoms. The van der Waals surface area contributed by atoms with Crippen LogP contribution in [0.1, 0.15) is 23.0 Å². The van der Waals surface area contributed by atoms with E-state index in [-0.39, 0.29) is 11.5 Å². The first-order valence-electron chi connectivity index (χ1n) is 7.21. The number of nitrogens with zero attached hydrogens (tertiary/aromatic N) is 2. The van der Waals surface area contributed by atoms with E-state index in [0.717, 1.165) is 22.0 Å². The van der Waals surface area contributed by atoms with Gasteiger partial charge in [0.25, 0.3) is 0 Å². The lowest BCUT2D eigenvalue weighted by atomic mass is 10.2. The quantitative estimate of drug-likeness (QED) is 0.712. The van der Waals surface area contributed by atoms with Crippen molar-refractivity contribution in [2.75, 3.05) is 10.6 Å². The summed E-state index contributed by atoms with van der Waals surface area (Å²) in [6, 6.07) is 6.25. The minimum atomic E-state index is -1.21. The molecule has 2 aromatic heterocycles. The van der Waals surface area contributed by atoms with E-state index in [0.29, 0.717) is 10.3 Å². The maximum atomic E-state index is 11.1. The number of hydrogen-bond acceptors (Lipinski definition) is 8. The van der Waals surface area contributed by atoms with Crippen LogP contribution in [0.25, 0.3) is 10.6 Å². The Bertz CT molecular complexity index is 931. The predicted molar refractivity (Wildman–Crippen MR) is 96.3 cm³/mol. The molecule has 0 atom stereocenters. The molecule has 0 fully saturated rings. The lowest BCUT2D eigenvalue weighted by Crippen LogP contribution is -2.21. The van der Waals surface area contributed by atoms with Crippen LogP contribution >= 0.6 is 22.7 Å². The van der Waals surface area contributed by atoms with E-state index in [1.54, 1.807) is 12.1 Å². The molecule has 0 aliphatic heterocycles. The van der Waals surface area contributed by atoms with Crippen LogP contribution in [-0.4, -0.2) is 21.8 Å². The van der Waals surface area contributed by atoms with Gasteiger partial charge in [0.05, 0.1) is 22.2 Å². The van der Waals surface area contributed by atoms with Crippen molar-refractivity contribution < 1.29 is 14.7 Å². The molecule has 1 amide bonds. The Morgan fingerprint density at radius 2 is 1.84 bits per heavy atom. The molecule has 0 aliphatic rings. The number of aromatic carboxylic acids is 1. The monoisotopic (exact) mass is 373 g/mol. The van der Waals surface area contributed by atoms with Gasteiger partial charge in [-0.25, -0.2) is 9.97 Å². The Morgan fingerprint density at radius 1 is 1.12 bits per heavy atom. The fourth-order valence-electron chi connectivity index (χ4n) is 2.09. The minimum absolute atomic E-state index is 0.121. The molecule has 2 N–H and O–H groups in total. The van der Waals surface area contributed by atoms with Gasteiger partial charge in [0.2, 0.25) is 5.91 Å². The summed E-state index contributed by atoms with van der Waals surface area (Å²) in [5, 5.41) is 19.7. The zero-order chi connectivity index (χ0) is 18.0. The fourth-order valence-corrected chi connectivity index (χ4v) is 3.86. The number of amides is 1. The summed E-state index contributed by atoms with van der Waals surface area (Å²) in [7, 11) is 0. The molecule has 3 rings (SSSR count). The van der Waals surface area contributed by atoms with Gasteiger partial charge in [0.1, 0.15) is 0 Å². The van der Waals surface area contributed by atoms with Gasteiger partial charge < -0.3 is 20.5 Å². The molecule has 0 radical (unpaired) electrons. The normalized spacial score (nSPS) is 10.5. The molecule has 9 heteroatoms. The average molecular weight is 373 g/mol. The van der Waals surface area contributed by atoms with Gasteiger partial charge in [-0.2, -0.15) is 0 Å². The highest BCUT2D eigenvalue weighted by Crippen LogP contribution is 2.35. The topological polar surface area (TPSA) is 107 Å². The van der Waals surface area contributed by atoms with E-state index in [9.17, 15) is 14.7 Å². The summed E-state index contributed by atoms with van der Waals surface area (Å²) in [4.78, 5) is 31.6. The number of anilines is 3. The van der Waals surface area contributed by atoms with Gasteiger partial charge in [-0.1, -0.05) is 23.5 Å². The maximum Gasteiger partial charge on any atom is 0.223 e. The predicted octanol–water partition coefficient (Wildman–Crippen LogP) is 2.64. The standard InChI is InChI=1S/C16H14N4O3S2/c1-8-13(25-16(17-8)18-9(2)21)12-7-24-15(20-12)19-11-5-3-10(4-6-11)14(22)23/h3-7H,1-2H3,(H,19,20)(H,22,23)(H,17,18,21)/p-1. The lowest BCUT2D eigenvalue weighted by molar-refractivity contribution is -0.255. The van der Waals surface area contributed by atoms with E-state index in [1.165, 1.54) is 41.7 Å². The van der Waals surface area contributed by atoms with E-state index < -0.39 is 5.97 Å². The minimum Gasteiger partial charge on any atom is -0.545 e. The van der Waals surface area contributed by atoms with E-state index in [1.807, 2.05) is 12.3 Å². The molecule has 0 aliphatic carbocycles. The van der Waals surface area contributed by atoms with Crippen molar-refractivity contribution in [2.45, 2.75) is 13.8 Å². The second-order valence-corrected chi connectivity index (χ2v) is 7.00. The van der Waals surface area contributed by atoms with Crippen LogP contribution < -0.4 is 15.7 Å². The van der Waals surface area contributed by atoms with E-state index >= 15 is 0 Å². The number of carboxylic acid groups (broad SMARTS) is 1. The second-order valence-electron chi connectivity index (χ2n) is 5.14. The van der Waals surface area contributed by atoms with Crippen LogP contribution in [0.5, 0.6) is 0 Å². The van der Waals surface area contributed by atoms with Crippen molar-refractivity contribution in [3.05, 3.63) is 40.9 Å². The van der Waals surface area contributed by atoms with Crippen molar-refractivity contribution in [2.24, 2.45) is 0 Å². The second kappa shape index (κ2) is 6.99. The number of hydrogen-bond donors (Lipinski definition) is 2. The average Bonchev–Trinajstić information content (AvgIpc) is 3.13. The molecule has 0 saturated heterocycles. The molecule has 0 spiro atoms. The molecule has 2 heterocycles. The fraction of sp³-hybridized carbons (Fsp3) is 0.125. The summed E-state index contributed by atoms with van der Waals surface area (Å²) in [5.74, 6) is -1.38. The largest absolute Gasteiger partial charge is 0.545 e. The summed E-state index contributed by atoms with van der Waals surface area (Å²) in [6.45, 7) is 3.30. The Balaban J connectivity index is 1.77. The van der Waals surface area contributed by atoms with Gasteiger partial charge >= 0.3 is 0 Å². The molecule has 25 heavy (non-hydrogen) atoms. The molecule has 0 unspecified atom stereocenters. The Hall–Kier alpha value is -2.78. The van der Waals surface area contributed by atoms with Crippen molar-refractivity contribution in [3.63, 3.8) is 0 Å². The van der Waals surface area contributed by atoms with Crippen LogP contribution in [0.3, 0.4) is 0 Å². The van der Waals surface area contributed by atoms with Crippen LogP contribution in [-0.2, 0) is 4.79 Å². The van der Waals surface area contributed by atoms with Crippen LogP contribution in [0, 0.1) is 6.92 Å². The first kappa shape index (κ1) is 17.1. The zero-order valence-corrected chi connectivity index (χ0v) is 15.0. The number of aromatic nitrogens is 2. The number of nitrogens with one attached hydrogen (secondary N) is 2. The molecular weight excluding hydrogens is 360 g/mol. The van der Waals surface area contributed by atoms with E-state index in [4.69, 9.17) is 0 Å². The maximum absolute atomic E-state index is 11.1. The third-order valence-electron chi connectivity index (χ3n) is 3.19. The molecular formula is C16H13N4O3S2-. The summed E-state index contributed by atoms with van der Waals surface area (Å²) in [6.07, 6.45) is 0. The number of carbonyl (C=O) groups is 2. The summed E-state index contributed by atoms with van der Waals surface area (Å²) in [5.41, 5.74) is 2.41. The van der Waals surface area contributed by atoms with Gasteiger partial charge in [0.15, 0.2) is 10.3 Å². The van der Waals surface area contributed by atoms with Gasteiger partial charge in [-0.05, 0) is 24.6 Å². The Morgan fingerprint density at radius 3 is 2.48 bits per heavy atom. The van der Waals surface area contributed by atoms with E-state index in [2.05, 4.69) is 20.6 Å². The number of rotatable bonds is 5. The van der Waals surface area contributed by atoms with Gasteiger partial charge in [0, 0.05) is 18.0 Å². The molecule has 7 nitrogen and oxygen atoms in total. The molecule has 0 saturated carbocycles. The summed E-state index contributed by atoms with van der Waals surface area (Å²) < 4.78 is 0. The molecule has 128 valence electrons. The SMILES string of the molecule is CC(=O)Nc1nc(C)c(-c2csc(Nc3ccc(C(=O)[O-])cc3)n2)s1. The highest BCUT2D eigenvalue weighted by molar-refractivity contribution is 7.20. The van der Waals surface area contributed by atoms with Gasteiger partial charge in [-0.3, -0.25) is 4.79 Å². The van der Waals surface area contributed by atoms with Crippen LogP contribution in [0.15, 0.2) is 29.6 Å². The number of carbonyl (C=O) groups excluding carboxylic acids is 2. The third kappa shape index (κ3) is 4.01. The smallest absolute Gasteiger partial charge is 0.223 e. The number of thiazole rings is 2. The highest BCUT2D eigenvalue weighted by Gasteiger charge is 2.14. The lowest BCUT2D eigenvalue weighted by Gasteiger charge is -2.05. The Kier molecular flexibility index (Phi) is 4.77. The van der Waals surface area contributed by atoms with Gasteiger partial charge in [-0.15, -0.1) is 11.3 Å². The van der Waals surface area contributed by atoms with Crippen molar-refractivity contribution in [1.29, 1.82) is 0 Å².